The molecule has 0 amide bonds. The van der Waals surface area contributed by atoms with E-state index < -0.39 is 0 Å². The normalized spacial score (nSPS) is 15.0. The zero-order valence-electron chi connectivity index (χ0n) is 11.8. The first-order valence-corrected chi connectivity index (χ1v) is 8.47. The van der Waals surface area contributed by atoms with E-state index in [0.29, 0.717) is 24.9 Å². The van der Waals surface area contributed by atoms with Crippen LogP contribution < -0.4 is 9.47 Å². The van der Waals surface area contributed by atoms with Gasteiger partial charge in [0.05, 0.1) is 5.25 Å². The summed E-state index contributed by atoms with van der Waals surface area (Å²) in [6.45, 7) is 5.07. The molecular weight excluding hydrogens is 356 g/mol. The summed E-state index contributed by atoms with van der Waals surface area (Å²) in [5.41, 5.74) is 1.16. The van der Waals surface area contributed by atoms with E-state index in [1.165, 1.54) is 0 Å². The molecular formula is C14H15BrN2O3S. The van der Waals surface area contributed by atoms with Gasteiger partial charge in [0.15, 0.2) is 17.3 Å². The number of benzene rings is 1. The van der Waals surface area contributed by atoms with Crippen molar-refractivity contribution in [3.63, 3.8) is 0 Å². The number of hydrogen-bond donors (Lipinski definition) is 0. The van der Waals surface area contributed by atoms with E-state index in [-0.39, 0.29) is 5.25 Å². The number of halogens is 1. The van der Waals surface area contributed by atoms with Gasteiger partial charge in [0.2, 0.25) is 5.89 Å². The predicted molar refractivity (Wildman–Crippen MR) is 83.9 cm³/mol. The van der Waals surface area contributed by atoms with Gasteiger partial charge in [-0.1, -0.05) is 21.1 Å². The molecule has 2 heterocycles. The maximum absolute atomic E-state index is 5.62. The molecule has 112 valence electrons. The predicted octanol–water partition coefficient (Wildman–Crippen LogP) is 3.91. The molecule has 0 saturated carbocycles. The van der Waals surface area contributed by atoms with Crippen molar-refractivity contribution in [1.29, 1.82) is 0 Å². The van der Waals surface area contributed by atoms with Crippen molar-refractivity contribution in [3.05, 3.63) is 33.9 Å². The summed E-state index contributed by atoms with van der Waals surface area (Å²) in [7, 11) is 0. The lowest BCUT2D eigenvalue weighted by Gasteiger charge is -2.20. The van der Waals surface area contributed by atoms with Gasteiger partial charge in [0, 0.05) is 10.2 Å². The van der Waals surface area contributed by atoms with Crippen LogP contribution in [0.3, 0.4) is 0 Å². The van der Waals surface area contributed by atoms with Crippen molar-refractivity contribution in [2.24, 2.45) is 0 Å². The smallest absolute Gasteiger partial charge is 0.239 e. The topological polar surface area (TPSA) is 57.4 Å². The van der Waals surface area contributed by atoms with Crippen LogP contribution in [0.5, 0.6) is 11.5 Å². The van der Waals surface area contributed by atoms with Crippen LogP contribution in [0, 0.1) is 6.92 Å². The van der Waals surface area contributed by atoms with Crippen molar-refractivity contribution in [3.8, 4) is 11.5 Å². The van der Waals surface area contributed by atoms with Crippen LogP contribution in [-0.2, 0) is 5.75 Å². The summed E-state index contributed by atoms with van der Waals surface area (Å²) in [6.07, 6.45) is 0. The third kappa shape index (κ3) is 3.35. The van der Waals surface area contributed by atoms with Crippen LogP contribution in [0.1, 0.15) is 29.5 Å². The highest BCUT2D eigenvalue weighted by atomic mass is 79.9. The summed E-state index contributed by atoms with van der Waals surface area (Å²) < 4.78 is 17.4. The minimum Gasteiger partial charge on any atom is -0.486 e. The third-order valence-electron chi connectivity index (χ3n) is 3.09. The SMILES string of the molecule is Cc1noc([C@H](C)SCc2cc3c(cc2Br)OCCO3)n1. The molecule has 0 aliphatic carbocycles. The molecule has 0 radical (unpaired) electrons. The number of rotatable bonds is 4. The van der Waals surface area contributed by atoms with E-state index >= 15 is 0 Å². The van der Waals surface area contributed by atoms with E-state index in [9.17, 15) is 0 Å². The van der Waals surface area contributed by atoms with Gasteiger partial charge in [-0.2, -0.15) is 4.98 Å². The average molecular weight is 371 g/mol. The lowest BCUT2D eigenvalue weighted by atomic mass is 10.2. The first kappa shape index (κ1) is 14.7. The molecule has 0 saturated heterocycles. The van der Waals surface area contributed by atoms with Gasteiger partial charge in [-0.3, -0.25) is 0 Å². The van der Waals surface area contributed by atoms with Crippen LogP contribution in [0.4, 0.5) is 0 Å². The Kier molecular flexibility index (Phi) is 4.40. The highest BCUT2D eigenvalue weighted by Gasteiger charge is 2.17. The van der Waals surface area contributed by atoms with E-state index in [0.717, 1.165) is 27.3 Å². The number of aryl methyl sites for hydroxylation is 1. The fraction of sp³-hybridized carbons (Fsp3) is 0.429. The van der Waals surface area contributed by atoms with E-state index in [2.05, 4.69) is 33.0 Å². The lowest BCUT2D eigenvalue weighted by Crippen LogP contribution is -2.15. The molecule has 1 aromatic carbocycles. The van der Waals surface area contributed by atoms with Gasteiger partial charge in [0.25, 0.3) is 0 Å². The second-order valence-corrected chi connectivity index (χ2v) is 6.90. The Hall–Kier alpha value is -1.21. The quantitative estimate of drug-likeness (QED) is 0.812. The summed E-state index contributed by atoms with van der Waals surface area (Å²) >= 11 is 5.32. The number of fused-ring (bicyclic) bond motifs is 1. The molecule has 2 aromatic rings. The van der Waals surface area contributed by atoms with Crippen LogP contribution in [0.2, 0.25) is 0 Å². The van der Waals surface area contributed by atoms with Gasteiger partial charge in [-0.25, -0.2) is 0 Å². The molecule has 1 atom stereocenters. The number of aromatic nitrogens is 2. The molecule has 1 aliphatic heterocycles. The van der Waals surface area contributed by atoms with Gasteiger partial charge >= 0.3 is 0 Å². The Labute approximate surface area is 135 Å². The molecule has 0 unspecified atom stereocenters. The van der Waals surface area contributed by atoms with Crippen LogP contribution >= 0.6 is 27.7 Å². The first-order chi connectivity index (χ1) is 10.1. The molecule has 5 nitrogen and oxygen atoms in total. The molecule has 0 bridgehead atoms. The summed E-state index contributed by atoms with van der Waals surface area (Å²) in [5, 5.41) is 3.97. The second kappa shape index (κ2) is 6.27. The number of nitrogens with zero attached hydrogens (tertiary/aromatic N) is 2. The number of thioether (sulfide) groups is 1. The fourth-order valence-electron chi connectivity index (χ4n) is 1.98. The molecule has 1 aromatic heterocycles. The van der Waals surface area contributed by atoms with E-state index in [1.54, 1.807) is 11.8 Å². The standard InChI is InChI=1S/C14H15BrN2O3S/c1-8(14-16-9(2)17-20-14)21-7-10-5-12-13(6-11(10)15)19-4-3-18-12/h5-6,8H,3-4,7H2,1-2H3/t8-/m0/s1. The van der Waals surface area contributed by atoms with Crippen molar-refractivity contribution >= 4 is 27.7 Å². The van der Waals surface area contributed by atoms with Crippen LogP contribution in [0.25, 0.3) is 0 Å². The maximum atomic E-state index is 5.62. The fourth-order valence-corrected chi connectivity index (χ4v) is 3.54. The summed E-state index contributed by atoms with van der Waals surface area (Å²) in [6, 6.07) is 3.99. The Bertz CT molecular complexity index is 647. The first-order valence-electron chi connectivity index (χ1n) is 6.63. The molecule has 1 aliphatic rings. The molecule has 0 spiro atoms. The third-order valence-corrected chi connectivity index (χ3v) is 5.01. The highest BCUT2D eigenvalue weighted by Crippen LogP contribution is 2.39. The van der Waals surface area contributed by atoms with Crippen molar-refractivity contribution in [2.45, 2.75) is 24.9 Å². The van der Waals surface area contributed by atoms with Crippen LogP contribution in [-0.4, -0.2) is 23.4 Å². The lowest BCUT2D eigenvalue weighted by molar-refractivity contribution is 0.171. The van der Waals surface area contributed by atoms with Crippen molar-refractivity contribution in [2.75, 3.05) is 13.2 Å². The molecule has 0 N–H and O–H groups in total. The monoisotopic (exact) mass is 370 g/mol. The molecule has 21 heavy (non-hydrogen) atoms. The van der Waals surface area contributed by atoms with Crippen molar-refractivity contribution in [1.82, 2.24) is 10.1 Å². The minimum absolute atomic E-state index is 0.145. The number of ether oxygens (including phenoxy) is 2. The van der Waals surface area contributed by atoms with E-state index in [1.807, 2.05) is 19.1 Å². The molecule has 3 rings (SSSR count). The summed E-state index contributed by atoms with van der Waals surface area (Å²) in [5.74, 6) is 3.74. The molecule has 0 fully saturated rings. The maximum Gasteiger partial charge on any atom is 0.239 e. The Morgan fingerprint density at radius 2 is 2.00 bits per heavy atom. The Morgan fingerprint density at radius 3 is 2.67 bits per heavy atom. The zero-order valence-corrected chi connectivity index (χ0v) is 14.2. The van der Waals surface area contributed by atoms with E-state index in [4.69, 9.17) is 14.0 Å². The second-order valence-electron chi connectivity index (χ2n) is 4.72. The van der Waals surface area contributed by atoms with Gasteiger partial charge in [-0.05, 0) is 31.5 Å². The number of hydrogen-bond acceptors (Lipinski definition) is 6. The minimum atomic E-state index is 0.145. The zero-order chi connectivity index (χ0) is 14.8. The van der Waals surface area contributed by atoms with Gasteiger partial charge < -0.3 is 14.0 Å². The Morgan fingerprint density at radius 1 is 1.29 bits per heavy atom. The van der Waals surface area contributed by atoms with Gasteiger partial charge in [-0.15, -0.1) is 11.8 Å². The van der Waals surface area contributed by atoms with Crippen molar-refractivity contribution < 1.29 is 14.0 Å². The van der Waals surface area contributed by atoms with Crippen LogP contribution in [0.15, 0.2) is 21.1 Å². The van der Waals surface area contributed by atoms with Gasteiger partial charge in [0.1, 0.15) is 13.2 Å². The Balaban J connectivity index is 1.70. The highest BCUT2D eigenvalue weighted by molar-refractivity contribution is 9.10. The summed E-state index contributed by atoms with van der Waals surface area (Å²) in [4.78, 5) is 4.26. The average Bonchev–Trinajstić information content (AvgIpc) is 2.91. The largest absolute Gasteiger partial charge is 0.486 e. The molecule has 7 heteroatoms.